The van der Waals surface area contributed by atoms with Crippen LogP contribution in [0.5, 0.6) is 5.75 Å². The molecule has 0 bridgehead atoms. The lowest BCUT2D eigenvalue weighted by Crippen LogP contribution is -2.35. The Kier molecular flexibility index (Phi) is 6.48. The van der Waals surface area contributed by atoms with Crippen molar-refractivity contribution in [3.05, 3.63) is 65.2 Å². The molecule has 1 aliphatic heterocycles. The van der Waals surface area contributed by atoms with E-state index in [4.69, 9.17) is 4.74 Å². The van der Waals surface area contributed by atoms with Crippen LogP contribution in [0.15, 0.2) is 54.1 Å². The summed E-state index contributed by atoms with van der Waals surface area (Å²) in [5.41, 5.74) is 5.14. The Bertz CT molecular complexity index is 875. The molecular formula is C23H26N2O3. The topological polar surface area (TPSA) is 58.6 Å². The van der Waals surface area contributed by atoms with Gasteiger partial charge < -0.3 is 4.74 Å². The van der Waals surface area contributed by atoms with Gasteiger partial charge >= 0.3 is 0 Å². The minimum atomic E-state index is -0.400. The van der Waals surface area contributed by atoms with E-state index in [1.54, 1.807) is 18.2 Å². The zero-order chi connectivity index (χ0) is 19.9. The molecule has 0 saturated carbocycles. The number of rotatable bonds is 8. The summed E-state index contributed by atoms with van der Waals surface area (Å²) in [4.78, 5) is 24.9. The summed E-state index contributed by atoms with van der Waals surface area (Å²) < 4.78 is 5.85. The van der Waals surface area contributed by atoms with Crippen molar-refractivity contribution >= 4 is 23.6 Å². The van der Waals surface area contributed by atoms with Crippen LogP contribution in [0.3, 0.4) is 0 Å². The van der Waals surface area contributed by atoms with Crippen LogP contribution in [0.4, 0.5) is 5.69 Å². The lowest BCUT2D eigenvalue weighted by atomic mass is 10.1. The number of unbranched alkanes of at least 4 members (excludes halogenated alkanes) is 3. The number of anilines is 1. The number of nitrogens with zero attached hydrogens (tertiary/aromatic N) is 1. The lowest BCUT2D eigenvalue weighted by Gasteiger charge is -2.13. The van der Waals surface area contributed by atoms with Gasteiger partial charge in [0.25, 0.3) is 11.8 Å². The quantitative estimate of drug-likeness (QED) is 0.420. The van der Waals surface area contributed by atoms with Gasteiger partial charge in [0.15, 0.2) is 0 Å². The average molecular weight is 378 g/mol. The second-order valence-corrected chi connectivity index (χ2v) is 6.91. The molecule has 146 valence electrons. The Hall–Kier alpha value is -3.08. The minimum absolute atomic E-state index is 0.122. The number of aryl methyl sites for hydroxylation is 1. The number of carbonyl (C=O) groups excluding carboxylic acids is 2. The molecule has 5 nitrogen and oxygen atoms in total. The highest BCUT2D eigenvalue weighted by molar-refractivity contribution is 6.31. The number of hydrogen-bond donors (Lipinski definition) is 1. The monoisotopic (exact) mass is 378 g/mol. The molecule has 1 aliphatic rings. The molecule has 2 aromatic rings. The van der Waals surface area contributed by atoms with E-state index in [2.05, 4.69) is 12.3 Å². The Morgan fingerprint density at radius 2 is 1.82 bits per heavy atom. The Morgan fingerprint density at radius 1 is 1.04 bits per heavy atom. The number of amides is 2. The van der Waals surface area contributed by atoms with E-state index < -0.39 is 5.91 Å². The number of hydrogen-bond acceptors (Lipinski definition) is 3. The maximum atomic E-state index is 12.6. The molecule has 0 aromatic heterocycles. The van der Waals surface area contributed by atoms with E-state index >= 15 is 0 Å². The van der Waals surface area contributed by atoms with Crippen molar-refractivity contribution in [3.8, 4) is 5.75 Å². The fraction of sp³-hybridized carbons (Fsp3) is 0.304. The summed E-state index contributed by atoms with van der Waals surface area (Å²) in [5, 5.41) is 1.27. The van der Waals surface area contributed by atoms with E-state index in [1.807, 2.05) is 43.3 Å². The van der Waals surface area contributed by atoms with Crippen molar-refractivity contribution in [2.45, 2.75) is 39.5 Å². The number of carbonyl (C=O) groups is 2. The largest absolute Gasteiger partial charge is 0.493 e. The van der Waals surface area contributed by atoms with Crippen molar-refractivity contribution in [1.29, 1.82) is 0 Å². The van der Waals surface area contributed by atoms with Crippen molar-refractivity contribution in [1.82, 2.24) is 5.43 Å². The van der Waals surface area contributed by atoms with Gasteiger partial charge in [0.1, 0.15) is 11.3 Å². The van der Waals surface area contributed by atoms with Gasteiger partial charge in [-0.2, -0.15) is 0 Å². The first kappa shape index (κ1) is 19.7. The van der Waals surface area contributed by atoms with Crippen molar-refractivity contribution in [3.63, 3.8) is 0 Å². The first-order valence-corrected chi connectivity index (χ1v) is 9.76. The first-order chi connectivity index (χ1) is 13.6. The predicted molar refractivity (Wildman–Crippen MR) is 111 cm³/mol. The second-order valence-electron chi connectivity index (χ2n) is 6.91. The summed E-state index contributed by atoms with van der Waals surface area (Å²) in [7, 11) is 0. The third-order valence-corrected chi connectivity index (χ3v) is 4.67. The molecule has 2 aromatic carbocycles. The van der Waals surface area contributed by atoms with E-state index in [-0.39, 0.29) is 11.5 Å². The van der Waals surface area contributed by atoms with E-state index in [0.717, 1.165) is 23.3 Å². The molecule has 0 unspecified atom stereocenters. The molecule has 28 heavy (non-hydrogen) atoms. The van der Waals surface area contributed by atoms with Crippen LogP contribution in [0.1, 0.15) is 43.7 Å². The van der Waals surface area contributed by atoms with Crippen LogP contribution in [-0.4, -0.2) is 18.4 Å². The van der Waals surface area contributed by atoms with Crippen LogP contribution in [0.25, 0.3) is 6.08 Å². The van der Waals surface area contributed by atoms with Gasteiger partial charge in [0, 0.05) is 0 Å². The number of para-hydroxylation sites is 1. The van der Waals surface area contributed by atoms with Gasteiger partial charge in [0.2, 0.25) is 0 Å². The fourth-order valence-corrected chi connectivity index (χ4v) is 3.12. The third-order valence-electron chi connectivity index (χ3n) is 4.67. The van der Waals surface area contributed by atoms with E-state index in [0.29, 0.717) is 12.3 Å². The number of hydrazine groups is 1. The van der Waals surface area contributed by atoms with Gasteiger partial charge in [-0.15, -0.1) is 0 Å². The molecule has 1 saturated heterocycles. The zero-order valence-electron chi connectivity index (χ0n) is 16.4. The molecule has 2 amide bonds. The Morgan fingerprint density at radius 3 is 2.54 bits per heavy atom. The van der Waals surface area contributed by atoms with Crippen LogP contribution in [-0.2, 0) is 9.59 Å². The number of ether oxygens (including phenoxy) is 1. The molecule has 1 fully saturated rings. The predicted octanol–water partition coefficient (Wildman–Crippen LogP) is 4.42. The molecular weight excluding hydrogens is 352 g/mol. The molecule has 0 spiro atoms. The Balaban J connectivity index is 1.70. The molecule has 0 radical (unpaired) electrons. The Labute approximate surface area is 166 Å². The number of benzene rings is 2. The van der Waals surface area contributed by atoms with E-state index in [1.165, 1.54) is 24.3 Å². The fourth-order valence-electron chi connectivity index (χ4n) is 3.12. The molecule has 3 rings (SSSR count). The summed E-state index contributed by atoms with van der Waals surface area (Å²) in [5.74, 6) is 0.0830. The molecule has 1 heterocycles. The summed E-state index contributed by atoms with van der Waals surface area (Å²) in [6.07, 6.45) is 6.28. The smallest absolute Gasteiger partial charge is 0.282 e. The maximum Gasteiger partial charge on any atom is 0.282 e. The lowest BCUT2D eigenvalue weighted by molar-refractivity contribution is -0.117. The molecule has 1 N–H and O–H groups in total. The van der Waals surface area contributed by atoms with Crippen molar-refractivity contribution in [2.75, 3.05) is 11.6 Å². The van der Waals surface area contributed by atoms with Crippen LogP contribution in [0.2, 0.25) is 0 Å². The normalized spacial score (nSPS) is 15.2. The highest BCUT2D eigenvalue weighted by Crippen LogP contribution is 2.24. The summed E-state index contributed by atoms with van der Waals surface area (Å²) >= 11 is 0. The highest BCUT2D eigenvalue weighted by Gasteiger charge is 2.34. The highest BCUT2D eigenvalue weighted by atomic mass is 16.5. The van der Waals surface area contributed by atoms with Gasteiger partial charge in [-0.05, 0) is 54.8 Å². The van der Waals surface area contributed by atoms with E-state index in [9.17, 15) is 9.59 Å². The van der Waals surface area contributed by atoms with Gasteiger partial charge in [0.05, 0.1) is 12.3 Å². The minimum Gasteiger partial charge on any atom is -0.493 e. The van der Waals surface area contributed by atoms with Crippen molar-refractivity contribution in [2.24, 2.45) is 0 Å². The van der Waals surface area contributed by atoms with Crippen LogP contribution >= 0.6 is 0 Å². The molecule has 5 heteroatoms. The molecule has 0 atom stereocenters. The maximum absolute atomic E-state index is 12.6. The standard InChI is InChI=1S/C23H26N2O3/c1-3-4-5-9-14-28-21-13-12-18(15-17(21)2)16-20-22(26)24-25(23(20)27)19-10-7-6-8-11-19/h6-8,10-13,15-16H,3-5,9,14H2,1-2H3,(H,24,26). The average Bonchev–Trinajstić information content (AvgIpc) is 2.98. The van der Waals surface area contributed by atoms with Gasteiger partial charge in [-0.3, -0.25) is 15.0 Å². The second kappa shape index (κ2) is 9.22. The molecule has 0 aliphatic carbocycles. The van der Waals surface area contributed by atoms with Gasteiger partial charge in [-0.25, -0.2) is 5.01 Å². The zero-order valence-corrected chi connectivity index (χ0v) is 16.4. The SMILES string of the molecule is CCCCCCOc1ccc(C=C2C(=O)NN(c3ccccc3)C2=O)cc1C. The van der Waals surface area contributed by atoms with Crippen LogP contribution in [0, 0.1) is 6.92 Å². The van der Waals surface area contributed by atoms with Crippen LogP contribution < -0.4 is 15.2 Å². The van der Waals surface area contributed by atoms with Crippen molar-refractivity contribution < 1.29 is 14.3 Å². The number of nitrogens with one attached hydrogen (secondary N) is 1. The summed E-state index contributed by atoms with van der Waals surface area (Å²) in [6.45, 7) is 4.86. The third kappa shape index (κ3) is 4.60. The van der Waals surface area contributed by atoms with Gasteiger partial charge in [-0.1, -0.05) is 50.5 Å². The summed E-state index contributed by atoms with van der Waals surface area (Å²) in [6, 6.07) is 14.7. The first-order valence-electron chi connectivity index (χ1n) is 9.76.